The van der Waals surface area contributed by atoms with Gasteiger partial charge in [0.05, 0.1) is 0 Å². The zero-order valence-electron chi connectivity index (χ0n) is 18.4. The number of nitrogens with two attached hydrogens (primary N) is 1. The van der Waals surface area contributed by atoms with Crippen molar-refractivity contribution in [2.24, 2.45) is 11.7 Å². The lowest BCUT2D eigenvalue weighted by Crippen LogP contribution is -2.16. The molecule has 1 heterocycles. The average molecular weight is 428 g/mol. The molecule has 164 valence electrons. The van der Waals surface area contributed by atoms with Gasteiger partial charge in [0.15, 0.2) is 0 Å². The highest BCUT2D eigenvalue weighted by Gasteiger charge is 2.20. The van der Waals surface area contributed by atoms with Gasteiger partial charge in [-0.3, -0.25) is 9.59 Å². The first-order valence-corrected chi connectivity index (χ1v) is 11.3. The molecule has 0 saturated heterocycles. The van der Waals surface area contributed by atoms with Crippen molar-refractivity contribution in [3.8, 4) is 11.1 Å². The fourth-order valence-electron chi connectivity index (χ4n) is 4.70. The van der Waals surface area contributed by atoms with Crippen molar-refractivity contribution in [1.29, 1.82) is 0 Å². The summed E-state index contributed by atoms with van der Waals surface area (Å²) in [6.45, 7) is 2.05. The molecule has 0 spiro atoms. The van der Waals surface area contributed by atoms with E-state index in [9.17, 15) is 9.59 Å². The number of carbonyl (C=O) groups is 2. The number of rotatable bonds is 7. The maximum atomic E-state index is 12.4. The second-order valence-corrected chi connectivity index (χ2v) is 8.59. The molecule has 1 aliphatic carbocycles. The molecule has 4 rings (SSSR count). The number of aryl methyl sites for hydroxylation is 1. The van der Waals surface area contributed by atoms with E-state index >= 15 is 0 Å². The zero-order valence-corrected chi connectivity index (χ0v) is 18.4. The summed E-state index contributed by atoms with van der Waals surface area (Å²) in [7, 11) is 0. The summed E-state index contributed by atoms with van der Waals surface area (Å²) in [6.07, 6.45) is 8.78. The summed E-state index contributed by atoms with van der Waals surface area (Å²) in [5.41, 5.74) is 10.9. The van der Waals surface area contributed by atoms with Gasteiger partial charge in [-0.05, 0) is 72.7 Å². The van der Waals surface area contributed by atoms with Gasteiger partial charge in [0, 0.05) is 22.9 Å². The zero-order chi connectivity index (χ0) is 22.5. The van der Waals surface area contributed by atoms with E-state index in [1.54, 1.807) is 24.4 Å². The van der Waals surface area contributed by atoms with Crippen LogP contribution in [0.25, 0.3) is 11.1 Å². The van der Waals surface area contributed by atoms with E-state index in [2.05, 4.69) is 10.3 Å². The Hall–Kier alpha value is -3.47. The van der Waals surface area contributed by atoms with Crippen molar-refractivity contribution in [3.63, 3.8) is 0 Å². The van der Waals surface area contributed by atoms with Crippen molar-refractivity contribution in [2.45, 2.75) is 45.4 Å². The molecule has 1 aliphatic rings. The number of primary amides is 1. The van der Waals surface area contributed by atoms with E-state index in [-0.39, 0.29) is 5.91 Å². The van der Waals surface area contributed by atoms with Crippen molar-refractivity contribution >= 4 is 17.6 Å². The molecule has 0 bridgehead atoms. The number of hydrogen-bond donors (Lipinski definition) is 2. The normalized spacial score (nSPS) is 13.8. The molecule has 2 aromatic carbocycles. The second-order valence-electron chi connectivity index (χ2n) is 8.59. The van der Waals surface area contributed by atoms with Crippen molar-refractivity contribution < 1.29 is 9.59 Å². The number of carbonyl (C=O) groups excluding carboxylic acids is 2. The molecule has 0 radical (unpaired) electrons. The number of amides is 2. The van der Waals surface area contributed by atoms with Gasteiger partial charge in [-0.25, -0.2) is 4.98 Å². The molecular weight excluding hydrogens is 398 g/mol. The Morgan fingerprint density at radius 2 is 1.78 bits per heavy atom. The van der Waals surface area contributed by atoms with Crippen LogP contribution in [0.4, 0.5) is 5.82 Å². The van der Waals surface area contributed by atoms with Crippen LogP contribution in [0.3, 0.4) is 0 Å². The molecule has 32 heavy (non-hydrogen) atoms. The average Bonchev–Trinajstić information content (AvgIpc) is 3.32. The highest BCUT2D eigenvalue weighted by Crippen LogP contribution is 2.34. The van der Waals surface area contributed by atoms with E-state index in [1.165, 1.54) is 25.7 Å². The standard InChI is InChI=1S/C27H29N3O2/c1-18-11-14-23(26(28)31)22(15-12-19-7-5-6-8-19)25(18)21-13-16-24(29-17-21)30-27(32)20-9-3-2-4-10-20/h2-4,9-11,13-14,16-17,19H,5-8,12,15H2,1H3,(H2,28,31)(H,29,30,32). The number of pyridine rings is 1. The molecule has 1 saturated carbocycles. The summed E-state index contributed by atoms with van der Waals surface area (Å²) < 4.78 is 0. The molecule has 0 aliphatic heterocycles. The number of nitrogens with zero attached hydrogens (tertiary/aromatic N) is 1. The van der Waals surface area contributed by atoms with Gasteiger partial charge in [-0.15, -0.1) is 0 Å². The van der Waals surface area contributed by atoms with Crippen molar-refractivity contribution in [3.05, 3.63) is 83.0 Å². The van der Waals surface area contributed by atoms with E-state index in [0.717, 1.165) is 41.0 Å². The molecule has 5 heteroatoms. The summed E-state index contributed by atoms with van der Waals surface area (Å²) in [5.74, 6) is 0.610. The topological polar surface area (TPSA) is 85.1 Å². The first kappa shape index (κ1) is 21.8. The lowest BCUT2D eigenvalue weighted by atomic mass is 9.87. The third kappa shape index (κ3) is 4.88. The van der Waals surface area contributed by atoms with Crippen LogP contribution in [0.1, 0.15) is 63.9 Å². The molecule has 1 aromatic heterocycles. The van der Waals surface area contributed by atoms with E-state index in [1.807, 2.05) is 43.3 Å². The largest absolute Gasteiger partial charge is 0.366 e. The smallest absolute Gasteiger partial charge is 0.256 e. The minimum absolute atomic E-state index is 0.199. The summed E-state index contributed by atoms with van der Waals surface area (Å²) in [6, 6.07) is 16.6. The van der Waals surface area contributed by atoms with Crippen LogP contribution in [0, 0.1) is 12.8 Å². The molecule has 3 N–H and O–H groups in total. The van der Waals surface area contributed by atoms with Gasteiger partial charge in [0.25, 0.3) is 5.91 Å². The lowest BCUT2D eigenvalue weighted by Gasteiger charge is -2.18. The molecule has 3 aromatic rings. The number of aromatic nitrogens is 1. The SMILES string of the molecule is Cc1ccc(C(N)=O)c(CCC2CCCC2)c1-c1ccc(NC(=O)c2ccccc2)nc1. The number of nitrogens with one attached hydrogen (secondary N) is 1. The monoisotopic (exact) mass is 427 g/mol. The van der Waals surface area contributed by atoms with Gasteiger partial charge in [0.2, 0.25) is 5.91 Å². The molecule has 5 nitrogen and oxygen atoms in total. The fourth-order valence-corrected chi connectivity index (χ4v) is 4.70. The Bertz CT molecular complexity index is 1100. The molecule has 2 amide bonds. The minimum Gasteiger partial charge on any atom is -0.366 e. The van der Waals surface area contributed by atoms with Crippen LogP contribution in [-0.4, -0.2) is 16.8 Å². The molecule has 0 atom stereocenters. The van der Waals surface area contributed by atoms with Crippen LogP contribution >= 0.6 is 0 Å². The maximum absolute atomic E-state index is 12.4. The van der Waals surface area contributed by atoms with Gasteiger partial charge in [-0.1, -0.05) is 49.9 Å². The molecular formula is C27H29N3O2. The predicted molar refractivity (Wildman–Crippen MR) is 128 cm³/mol. The van der Waals surface area contributed by atoms with E-state index in [4.69, 9.17) is 5.73 Å². The third-order valence-corrected chi connectivity index (χ3v) is 6.39. The van der Waals surface area contributed by atoms with E-state index < -0.39 is 5.91 Å². The van der Waals surface area contributed by atoms with Gasteiger partial charge in [0.1, 0.15) is 5.82 Å². The minimum atomic E-state index is -0.396. The van der Waals surface area contributed by atoms with Gasteiger partial charge in [-0.2, -0.15) is 0 Å². The Morgan fingerprint density at radius 1 is 1.03 bits per heavy atom. The van der Waals surface area contributed by atoms with Crippen LogP contribution in [0.15, 0.2) is 60.8 Å². The highest BCUT2D eigenvalue weighted by molar-refractivity contribution is 6.03. The Labute approximate surface area is 189 Å². The first-order valence-electron chi connectivity index (χ1n) is 11.3. The van der Waals surface area contributed by atoms with Crippen molar-refractivity contribution in [2.75, 3.05) is 5.32 Å². The second kappa shape index (κ2) is 9.77. The van der Waals surface area contributed by atoms with Crippen LogP contribution in [-0.2, 0) is 6.42 Å². The van der Waals surface area contributed by atoms with Crippen LogP contribution in [0.2, 0.25) is 0 Å². The summed E-state index contributed by atoms with van der Waals surface area (Å²) >= 11 is 0. The van der Waals surface area contributed by atoms with Crippen LogP contribution < -0.4 is 11.1 Å². The summed E-state index contributed by atoms with van der Waals surface area (Å²) in [5, 5.41) is 2.83. The Morgan fingerprint density at radius 3 is 2.44 bits per heavy atom. The number of hydrogen-bond acceptors (Lipinski definition) is 3. The van der Waals surface area contributed by atoms with E-state index in [0.29, 0.717) is 16.9 Å². The van der Waals surface area contributed by atoms with Crippen molar-refractivity contribution in [1.82, 2.24) is 4.98 Å². The Kier molecular flexibility index (Phi) is 6.64. The maximum Gasteiger partial charge on any atom is 0.256 e. The van der Waals surface area contributed by atoms with Crippen LogP contribution in [0.5, 0.6) is 0 Å². The quantitative estimate of drug-likeness (QED) is 0.520. The number of anilines is 1. The predicted octanol–water partition coefficient (Wildman–Crippen LogP) is 5.53. The first-order chi connectivity index (χ1) is 15.5. The lowest BCUT2D eigenvalue weighted by molar-refractivity contribution is 0.0996. The van der Waals surface area contributed by atoms with Gasteiger partial charge >= 0.3 is 0 Å². The van der Waals surface area contributed by atoms with Gasteiger partial charge < -0.3 is 11.1 Å². The fraction of sp³-hybridized carbons (Fsp3) is 0.296. The molecule has 0 unspecified atom stereocenters. The summed E-state index contributed by atoms with van der Waals surface area (Å²) in [4.78, 5) is 29.1. The number of benzene rings is 2. The Balaban J connectivity index is 1.61. The third-order valence-electron chi connectivity index (χ3n) is 6.39. The highest BCUT2D eigenvalue weighted by atomic mass is 16.2. The molecule has 1 fully saturated rings.